The van der Waals surface area contributed by atoms with Crippen LogP contribution in [0.5, 0.6) is 0 Å². The van der Waals surface area contributed by atoms with Crippen molar-refractivity contribution in [3.05, 3.63) is 48.0 Å². The second-order valence-corrected chi connectivity index (χ2v) is 5.46. The molecule has 1 fully saturated rings. The molecule has 4 nitrogen and oxygen atoms in total. The summed E-state index contributed by atoms with van der Waals surface area (Å²) < 4.78 is 19.2. The Labute approximate surface area is 120 Å². The molecule has 0 amide bonds. The van der Waals surface area contributed by atoms with Crippen LogP contribution in [0.2, 0.25) is 0 Å². The fraction of sp³-hybridized carbons (Fsp3) is 0.250. The van der Waals surface area contributed by atoms with E-state index in [4.69, 9.17) is 10.3 Å². The van der Waals surface area contributed by atoms with E-state index in [1.54, 1.807) is 18.2 Å². The number of nitrogens with zero attached hydrogens (tertiary/aromatic N) is 2. The van der Waals surface area contributed by atoms with Crippen molar-refractivity contribution in [3.63, 3.8) is 0 Å². The Bertz CT molecular complexity index is 810. The average molecular weight is 283 g/mol. The van der Waals surface area contributed by atoms with E-state index in [0.717, 1.165) is 23.8 Å². The lowest BCUT2D eigenvalue weighted by Crippen LogP contribution is -2.13. The van der Waals surface area contributed by atoms with E-state index in [1.807, 2.05) is 12.1 Å². The topological polar surface area (TPSA) is 64.9 Å². The summed E-state index contributed by atoms with van der Waals surface area (Å²) in [5.41, 5.74) is 6.81. The van der Waals surface area contributed by atoms with Crippen LogP contribution in [0, 0.1) is 11.7 Å². The molecule has 0 spiro atoms. The molecule has 0 saturated heterocycles. The van der Waals surface area contributed by atoms with Crippen molar-refractivity contribution in [2.24, 2.45) is 11.7 Å². The summed E-state index contributed by atoms with van der Waals surface area (Å²) in [6.45, 7) is 0. The molecule has 1 aliphatic carbocycles. The van der Waals surface area contributed by atoms with Crippen LogP contribution in [0.4, 0.5) is 4.39 Å². The van der Waals surface area contributed by atoms with Gasteiger partial charge in [-0.15, -0.1) is 0 Å². The number of benzene rings is 2. The molecule has 3 aromatic rings. The van der Waals surface area contributed by atoms with E-state index >= 15 is 0 Å². The van der Waals surface area contributed by atoms with Crippen LogP contribution in [0.15, 0.2) is 40.9 Å². The second-order valence-electron chi connectivity index (χ2n) is 5.46. The van der Waals surface area contributed by atoms with Crippen molar-refractivity contribution in [1.82, 2.24) is 10.1 Å². The first-order valence-corrected chi connectivity index (χ1v) is 7.01. The van der Waals surface area contributed by atoms with Gasteiger partial charge < -0.3 is 10.3 Å². The third-order valence-corrected chi connectivity index (χ3v) is 3.97. The lowest BCUT2D eigenvalue weighted by molar-refractivity contribution is 0.412. The molecule has 106 valence electrons. The van der Waals surface area contributed by atoms with Gasteiger partial charge in [-0.1, -0.05) is 29.4 Å². The quantitative estimate of drug-likeness (QED) is 0.799. The molecular formula is C16H14FN3O. The van der Waals surface area contributed by atoms with Crippen LogP contribution in [0.3, 0.4) is 0 Å². The summed E-state index contributed by atoms with van der Waals surface area (Å²) in [5, 5.41) is 5.28. The predicted molar refractivity (Wildman–Crippen MR) is 76.9 cm³/mol. The molecule has 1 unspecified atom stereocenters. The van der Waals surface area contributed by atoms with Gasteiger partial charge in [0, 0.05) is 10.9 Å². The van der Waals surface area contributed by atoms with Crippen molar-refractivity contribution in [2.45, 2.75) is 18.9 Å². The molecule has 21 heavy (non-hydrogen) atoms. The average Bonchev–Trinajstić information content (AvgIpc) is 3.25. The van der Waals surface area contributed by atoms with E-state index in [9.17, 15) is 4.39 Å². The number of fused-ring (bicyclic) bond motifs is 1. The predicted octanol–water partition coefficient (Wildman–Crippen LogP) is 3.44. The molecule has 2 N–H and O–H groups in total. The minimum Gasteiger partial charge on any atom is -0.334 e. The van der Waals surface area contributed by atoms with Gasteiger partial charge in [-0.2, -0.15) is 4.98 Å². The van der Waals surface area contributed by atoms with Gasteiger partial charge in [0.15, 0.2) is 5.82 Å². The zero-order valence-corrected chi connectivity index (χ0v) is 11.3. The summed E-state index contributed by atoms with van der Waals surface area (Å²) in [4.78, 5) is 4.40. The van der Waals surface area contributed by atoms with Crippen molar-refractivity contribution in [2.75, 3.05) is 0 Å². The van der Waals surface area contributed by atoms with Gasteiger partial charge in [0.2, 0.25) is 0 Å². The van der Waals surface area contributed by atoms with Gasteiger partial charge in [-0.3, -0.25) is 0 Å². The Hall–Kier alpha value is -2.27. The van der Waals surface area contributed by atoms with Crippen molar-refractivity contribution >= 4 is 10.8 Å². The highest BCUT2D eigenvalue weighted by Crippen LogP contribution is 2.39. The highest BCUT2D eigenvalue weighted by atomic mass is 19.1. The molecule has 1 atom stereocenters. The van der Waals surface area contributed by atoms with Crippen molar-refractivity contribution in [3.8, 4) is 11.5 Å². The first kappa shape index (κ1) is 12.5. The Morgan fingerprint density at radius 2 is 1.90 bits per heavy atom. The van der Waals surface area contributed by atoms with E-state index in [-0.39, 0.29) is 11.9 Å². The Morgan fingerprint density at radius 3 is 2.67 bits per heavy atom. The maximum atomic E-state index is 13.8. The number of rotatable bonds is 3. The van der Waals surface area contributed by atoms with E-state index < -0.39 is 0 Å². The van der Waals surface area contributed by atoms with E-state index in [2.05, 4.69) is 10.1 Å². The SMILES string of the molecule is NC(c1noc(-c2ccc(F)c3ccccc23)n1)C1CC1. The first-order valence-electron chi connectivity index (χ1n) is 7.01. The third kappa shape index (κ3) is 2.10. The van der Waals surface area contributed by atoms with Crippen LogP contribution in [-0.2, 0) is 0 Å². The fourth-order valence-electron chi connectivity index (χ4n) is 2.59. The normalized spacial score (nSPS) is 16.3. The smallest absolute Gasteiger partial charge is 0.258 e. The number of halogens is 1. The van der Waals surface area contributed by atoms with Crippen LogP contribution in [0.1, 0.15) is 24.7 Å². The highest BCUT2D eigenvalue weighted by Gasteiger charge is 2.32. The first-order chi connectivity index (χ1) is 10.2. The van der Waals surface area contributed by atoms with Crippen LogP contribution < -0.4 is 5.73 Å². The molecule has 1 aromatic heterocycles. The molecule has 2 aromatic carbocycles. The monoisotopic (exact) mass is 283 g/mol. The molecule has 1 heterocycles. The largest absolute Gasteiger partial charge is 0.334 e. The summed E-state index contributed by atoms with van der Waals surface area (Å²) >= 11 is 0. The molecule has 0 radical (unpaired) electrons. The van der Waals surface area contributed by atoms with Gasteiger partial charge in [-0.25, -0.2) is 4.39 Å². The zero-order chi connectivity index (χ0) is 14.4. The van der Waals surface area contributed by atoms with E-state index in [0.29, 0.717) is 23.0 Å². The Balaban J connectivity index is 1.81. The fourth-order valence-corrected chi connectivity index (χ4v) is 2.59. The Kier molecular flexibility index (Phi) is 2.75. The van der Waals surface area contributed by atoms with Crippen molar-refractivity contribution in [1.29, 1.82) is 0 Å². The van der Waals surface area contributed by atoms with Gasteiger partial charge in [0.05, 0.1) is 6.04 Å². The van der Waals surface area contributed by atoms with Crippen molar-refractivity contribution < 1.29 is 8.91 Å². The summed E-state index contributed by atoms with van der Waals surface area (Å²) in [7, 11) is 0. The van der Waals surface area contributed by atoms with Gasteiger partial charge >= 0.3 is 0 Å². The minimum atomic E-state index is -0.260. The van der Waals surface area contributed by atoms with Gasteiger partial charge in [-0.05, 0) is 36.3 Å². The molecule has 1 saturated carbocycles. The van der Waals surface area contributed by atoms with Crippen LogP contribution in [0.25, 0.3) is 22.2 Å². The molecule has 0 bridgehead atoms. The van der Waals surface area contributed by atoms with Gasteiger partial charge in [0.25, 0.3) is 5.89 Å². The molecule has 5 heteroatoms. The standard InChI is InChI=1S/C16H14FN3O/c17-13-8-7-12(10-3-1-2-4-11(10)13)16-19-15(20-21-16)14(18)9-5-6-9/h1-4,7-9,14H,5-6,18H2. The van der Waals surface area contributed by atoms with E-state index in [1.165, 1.54) is 6.07 Å². The van der Waals surface area contributed by atoms with Crippen LogP contribution >= 0.6 is 0 Å². The molecule has 4 rings (SSSR count). The molecule has 0 aliphatic heterocycles. The zero-order valence-electron chi connectivity index (χ0n) is 11.3. The number of aromatic nitrogens is 2. The second kappa shape index (κ2) is 4.63. The Morgan fingerprint density at radius 1 is 1.14 bits per heavy atom. The third-order valence-electron chi connectivity index (χ3n) is 3.97. The molecule has 1 aliphatic rings. The maximum absolute atomic E-state index is 13.8. The molecular weight excluding hydrogens is 269 g/mol. The number of hydrogen-bond donors (Lipinski definition) is 1. The lowest BCUT2D eigenvalue weighted by atomic mass is 10.0. The summed E-state index contributed by atoms with van der Waals surface area (Å²) in [6, 6.07) is 10.2. The highest BCUT2D eigenvalue weighted by molar-refractivity contribution is 5.95. The maximum Gasteiger partial charge on any atom is 0.258 e. The summed E-state index contributed by atoms with van der Waals surface area (Å²) in [5.74, 6) is 1.11. The minimum absolute atomic E-state index is 0.172. The number of hydrogen-bond acceptors (Lipinski definition) is 4. The van der Waals surface area contributed by atoms with Crippen LogP contribution in [-0.4, -0.2) is 10.1 Å². The summed E-state index contributed by atoms with van der Waals surface area (Å²) in [6.07, 6.45) is 2.23. The van der Waals surface area contributed by atoms with Gasteiger partial charge in [0.1, 0.15) is 5.82 Å². The lowest BCUT2D eigenvalue weighted by Gasteiger charge is -2.04. The number of nitrogens with two attached hydrogens (primary N) is 1.